The van der Waals surface area contributed by atoms with Crippen LogP contribution in [0.25, 0.3) is 0 Å². The van der Waals surface area contributed by atoms with Gasteiger partial charge in [0.05, 0.1) is 21.8 Å². The Labute approximate surface area is 134 Å². The normalized spacial score (nSPS) is 23.8. The summed E-state index contributed by atoms with van der Waals surface area (Å²) in [5.74, 6) is 0. The van der Waals surface area contributed by atoms with Gasteiger partial charge in [0, 0.05) is 6.04 Å². The lowest BCUT2D eigenvalue weighted by Gasteiger charge is -2.22. The van der Waals surface area contributed by atoms with E-state index in [1.54, 1.807) is 0 Å². The van der Waals surface area contributed by atoms with Gasteiger partial charge in [-0.1, -0.05) is 42.5 Å². The molecule has 1 aliphatic carbocycles. The Morgan fingerprint density at radius 1 is 1.19 bits per heavy atom. The molecule has 0 radical (unpaired) electrons. The highest BCUT2D eigenvalue weighted by atomic mass is 35.5. The molecule has 1 saturated carbocycles. The van der Waals surface area contributed by atoms with Gasteiger partial charge < -0.3 is 10.8 Å². The number of aliphatic hydroxyl groups is 1. The number of nitrogen functional groups attached to an aromatic ring is 1. The predicted octanol–water partition coefficient (Wildman–Crippen LogP) is 2.55. The van der Waals surface area contributed by atoms with Crippen molar-refractivity contribution < 1.29 is 13.5 Å². The number of hydrogen-bond donors (Lipinski definition) is 3. The fourth-order valence-corrected chi connectivity index (χ4v) is 4.51. The highest BCUT2D eigenvalue weighted by Crippen LogP contribution is 2.33. The summed E-state index contributed by atoms with van der Waals surface area (Å²) in [7, 11) is -3.86. The van der Waals surface area contributed by atoms with Crippen LogP contribution in [0.2, 0.25) is 10.0 Å². The van der Waals surface area contributed by atoms with Crippen LogP contribution >= 0.6 is 23.2 Å². The third kappa shape index (κ3) is 3.81. The number of nitrogens with one attached hydrogen (secondary N) is 1. The Balaban J connectivity index is 2.28. The number of sulfonamides is 1. The summed E-state index contributed by atoms with van der Waals surface area (Å²) in [6.45, 7) is 0. The molecule has 1 aromatic carbocycles. The zero-order valence-corrected chi connectivity index (χ0v) is 13.7. The number of nitrogens with two attached hydrogens (primary N) is 1. The van der Waals surface area contributed by atoms with Crippen LogP contribution in [-0.4, -0.2) is 25.7 Å². The maximum Gasteiger partial charge on any atom is 0.242 e. The molecular formula is C13H18Cl2N2O3S. The molecule has 0 saturated heterocycles. The number of benzene rings is 1. The molecule has 0 spiro atoms. The summed E-state index contributed by atoms with van der Waals surface area (Å²) < 4.78 is 27.4. The molecule has 4 N–H and O–H groups in total. The van der Waals surface area contributed by atoms with E-state index in [-0.39, 0.29) is 20.6 Å². The van der Waals surface area contributed by atoms with Crippen molar-refractivity contribution in [1.29, 1.82) is 0 Å². The standard InChI is InChI=1S/C13H18Cl2N2O3S/c14-8-6-7-11(12(15)13(8)16)21(19,20)17-9-4-2-1-3-5-10(9)18/h6-7,9-10,17-18H,1-5,16H2. The molecule has 1 aromatic rings. The molecule has 118 valence electrons. The minimum Gasteiger partial charge on any atom is -0.396 e. The van der Waals surface area contributed by atoms with E-state index >= 15 is 0 Å². The van der Waals surface area contributed by atoms with Crippen LogP contribution in [0.5, 0.6) is 0 Å². The molecule has 0 bridgehead atoms. The van der Waals surface area contributed by atoms with E-state index < -0.39 is 22.2 Å². The molecule has 1 aliphatic rings. The van der Waals surface area contributed by atoms with Gasteiger partial charge in [0.2, 0.25) is 10.0 Å². The molecule has 0 heterocycles. The lowest BCUT2D eigenvalue weighted by atomic mass is 10.1. The number of anilines is 1. The van der Waals surface area contributed by atoms with Gasteiger partial charge in [-0.15, -0.1) is 0 Å². The van der Waals surface area contributed by atoms with Crippen molar-refractivity contribution in [2.24, 2.45) is 0 Å². The van der Waals surface area contributed by atoms with Crippen LogP contribution in [0, 0.1) is 0 Å². The highest BCUT2D eigenvalue weighted by Gasteiger charge is 2.29. The summed E-state index contributed by atoms with van der Waals surface area (Å²) in [4.78, 5) is -0.123. The smallest absolute Gasteiger partial charge is 0.242 e. The van der Waals surface area contributed by atoms with Gasteiger partial charge in [0.15, 0.2) is 0 Å². The maximum absolute atomic E-state index is 12.4. The molecule has 21 heavy (non-hydrogen) atoms. The molecule has 0 aromatic heterocycles. The first kappa shape index (κ1) is 16.8. The number of halogens is 2. The van der Waals surface area contributed by atoms with Crippen LogP contribution in [0.4, 0.5) is 5.69 Å². The lowest BCUT2D eigenvalue weighted by Crippen LogP contribution is -2.42. The maximum atomic E-state index is 12.4. The molecule has 2 unspecified atom stereocenters. The van der Waals surface area contributed by atoms with Crippen molar-refractivity contribution in [1.82, 2.24) is 4.72 Å². The topological polar surface area (TPSA) is 92.4 Å². The third-order valence-corrected chi connectivity index (χ3v) is 6.05. The summed E-state index contributed by atoms with van der Waals surface area (Å²) in [5, 5.41) is 10.1. The average molecular weight is 353 g/mol. The fourth-order valence-electron chi connectivity index (χ4n) is 2.45. The Morgan fingerprint density at radius 2 is 1.86 bits per heavy atom. The second-order valence-corrected chi connectivity index (χ2v) is 7.67. The van der Waals surface area contributed by atoms with Crippen molar-refractivity contribution in [2.75, 3.05) is 5.73 Å². The van der Waals surface area contributed by atoms with E-state index in [2.05, 4.69) is 4.72 Å². The summed E-state index contributed by atoms with van der Waals surface area (Å²) >= 11 is 11.8. The molecular weight excluding hydrogens is 335 g/mol. The third-order valence-electron chi connectivity index (χ3n) is 3.67. The number of aliphatic hydroxyl groups excluding tert-OH is 1. The Morgan fingerprint density at radius 3 is 2.57 bits per heavy atom. The Bertz CT molecular complexity index is 622. The molecule has 5 nitrogen and oxygen atoms in total. The first-order chi connectivity index (χ1) is 9.83. The SMILES string of the molecule is Nc1c(Cl)ccc(S(=O)(=O)NC2CCCCCC2O)c1Cl. The van der Waals surface area contributed by atoms with E-state index in [0.29, 0.717) is 12.8 Å². The molecule has 1 fully saturated rings. The van der Waals surface area contributed by atoms with Gasteiger partial charge in [-0.05, 0) is 25.0 Å². The quantitative estimate of drug-likeness (QED) is 0.575. The van der Waals surface area contributed by atoms with Crippen LogP contribution in [0.3, 0.4) is 0 Å². The Kier molecular flexibility index (Phi) is 5.38. The van der Waals surface area contributed by atoms with Gasteiger partial charge in [-0.2, -0.15) is 0 Å². The molecule has 2 atom stereocenters. The van der Waals surface area contributed by atoms with Gasteiger partial charge >= 0.3 is 0 Å². The van der Waals surface area contributed by atoms with E-state index in [4.69, 9.17) is 28.9 Å². The largest absolute Gasteiger partial charge is 0.396 e. The first-order valence-electron chi connectivity index (χ1n) is 6.77. The minimum absolute atomic E-state index is 0.0302. The second kappa shape index (κ2) is 6.71. The molecule has 2 rings (SSSR count). The van der Waals surface area contributed by atoms with E-state index in [9.17, 15) is 13.5 Å². The average Bonchev–Trinajstić information content (AvgIpc) is 2.61. The summed E-state index contributed by atoms with van der Waals surface area (Å²) in [5.41, 5.74) is 5.69. The molecule has 0 amide bonds. The van der Waals surface area contributed by atoms with Crippen molar-refractivity contribution in [3.63, 3.8) is 0 Å². The van der Waals surface area contributed by atoms with Crippen molar-refractivity contribution in [3.8, 4) is 0 Å². The van der Waals surface area contributed by atoms with Gasteiger partial charge in [-0.25, -0.2) is 13.1 Å². The predicted molar refractivity (Wildman–Crippen MR) is 84.1 cm³/mol. The number of hydrogen-bond acceptors (Lipinski definition) is 4. The molecule has 8 heteroatoms. The van der Waals surface area contributed by atoms with Crippen LogP contribution < -0.4 is 10.5 Å². The van der Waals surface area contributed by atoms with Gasteiger partial charge in [0.1, 0.15) is 4.90 Å². The first-order valence-corrected chi connectivity index (χ1v) is 9.00. The van der Waals surface area contributed by atoms with Gasteiger partial charge in [-0.3, -0.25) is 0 Å². The van der Waals surface area contributed by atoms with E-state index in [1.165, 1.54) is 12.1 Å². The second-order valence-electron chi connectivity index (χ2n) is 5.21. The van der Waals surface area contributed by atoms with Gasteiger partial charge in [0.25, 0.3) is 0 Å². The fraction of sp³-hybridized carbons (Fsp3) is 0.538. The summed E-state index contributed by atoms with van der Waals surface area (Å²) in [6, 6.07) is 2.19. The van der Waals surface area contributed by atoms with Crippen LogP contribution in [0.1, 0.15) is 32.1 Å². The van der Waals surface area contributed by atoms with Crippen molar-refractivity contribution >= 4 is 38.9 Å². The van der Waals surface area contributed by atoms with Crippen molar-refractivity contribution in [3.05, 3.63) is 22.2 Å². The number of rotatable bonds is 3. The Hall–Kier alpha value is -0.530. The highest BCUT2D eigenvalue weighted by molar-refractivity contribution is 7.89. The van der Waals surface area contributed by atoms with Crippen LogP contribution in [0.15, 0.2) is 17.0 Å². The lowest BCUT2D eigenvalue weighted by molar-refractivity contribution is 0.130. The zero-order chi connectivity index (χ0) is 15.6. The monoisotopic (exact) mass is 352 g/mol. The van der Waals surface area contributed by atoms with Crippen molar-refractivity contribution in [2.45, 2.75) is 49.1 Å². The van der Waals surface area contributed by atoms with E-state index in [0.717, 1.165) is 19.3 Å². The minimum atomic E-state index is -3.86. The zero-order valence-electron chi connectivity index (χ0n) is 11.4. The van der Waals surface area contributed by atoms with Crippen LogP contribution in [-0.2, 0) is 10.0 Å². The van der Waals surface area contributed by atoms with E-state index in [1.807, 2.05) is 0 Å². The molecule has 0 aliphatic heterocycles. The summed E-state index contributed by atoms with van der Waals surface area (Å²) in [6.07, 6.45) is 3.26.